The van der Waals surface area contributed by atoms with Gasteiger partial charge >= 0.3 is 12.4 Å². The first-order valence-electron chi connectivity index (χ1n) is 9.88. The van der Waals surface area contributed by atoms with Gasteiger partial charge in [-0.15, -0.1) is 13.2 Å². The fourth-order valence-electron chi connectivity index (χ4n) is 2.85. The minimum absolute atomic E-state index is 0.0744. The minimum atomic E-state index is -4.81. The smallest absolute Gasteiger partial charge is 0.406 e. The largest absolute Gasteiger partial charge is 0.573 e. The number of rotatable bonds is 8. The van der Waals surface area contributed by atoms with Crippen LogP contribution in [0.3, 0.4) is 0 Å². The maximum Gasteiger partial charge on any atom is 0.573 e. The number of ether oxygens (including phenoxy) is 1. The second-order valence-electron chi connectivity index (χ2n) is 7.11. The Bertz CT molecular complexity index is 1310. The molecule has 184 valence electrons. The molecule has 0 bridgehead atoms. The molecule has 0 saturated carbocycles. The summed E-state index contributed by atoms with van der Waals surface area (Å²) in [7, 11) is -3.93. The summed E-state index contributed by atoms with van der Waals surface area (Å²) in [5, 5.41) is 12.6. The van der Waals surface area contributed by atoms with Crippen LogP contribution in [0.2, 0.25) is 0 Å². The quantitative estimate of drug-likeness (QED) is 0.231. The first-order chi connectivity index (χ1) is 16.4. The molecule has 2 amide bonds. The Morgan fingerprint density at radius 2 is 1.57 bits per heavy atom. The fraction of sp³-hybridized carbons (Fsp3) is 0.0909. The number of amidine groups is 1. The van der Waals surface area contributed by atoms with Crippen molar-refractivity contribution in [2.24, 2.45) is 5.73 Å². The zero-order chi connectivity index (χ0) is 25.6. The van der Waals surface area contributed by atoms with Crippen LogP contribution >= 0.6 is 0 Å². The van der Waals surface area contributed by atoms with Crippen molar-refractivity contribution in [2.45, 2.75) is 17.8 Å². The highest BCUT2D eigenvalue weighted by molar-refractivity contribution is 7.89. The summed E-state index contributed by atoms with van der Waals surface area (Å²) in [4.78, 5) is 12.1. The van der Waals surface area contributed by atoms with E-state index >= 15 is 0 Å². The number of carbonyl (C=O) groups is 1. The van der Waals surface area contributed by atoms with Crippen molar-refractivity contribution in [1.82, 2.24) is 4.72 Å². The van der Waals surface area contributed by atoms with Crippen molar-refractivity contribution in [3.8, 4) is 5.75 Å². The van der Waals surface area contributed by atoms with E-state index in [2.05, 4.69) is 20.1 Å². The summed E-state index contributed by atoms with van der Waals surface area (Å²) in [6.45, 7) is -0.156. The van der Waals surface area contributed by atoms with Crippen LogP contribution < -0.4 is 25.8 Å². The van der Waals surface area contributed by atoms with Gasteiger partial charge in [-0.2, -0.15) is 0 Å². The summed E-state index contributed by atoms with van der Waals surface area (Å²) in [5.41, 5.74) is 7.03. The van der Waals surface area contributed by atoms with Gasteiger partial charge in [-0.05, 0) is 54.1 Å². The fourth-order valence-corrected chi connectivity index (χ4v) is 3.86. The van der Waals surface area contributed by atoms with Gasteiger partial charge in [-0.25, -0.2) is 17.9 Å². The number of hydrogen-bond donors (Lipinski definition) is 5. The standard InChI is InChI=1S/C22H20F3N5O4S/c23-22(24,25)34-18-8-4-14(5-9-18)13-28-35(32,33)19-10-6-16(7-11-19)29-21(31)30-17-3-1-2-15(12-17)20(26)27/h1-12,28H,13H2,(H3,26,27)(H2,29,30,31). The molecule has 0 aliphatic heterocycles. The summed E-state index contributed by atoms with van der Waals surface area (Å²) >= 11 is 0. The molecule has 0 unspecified atom stereocenters. The van der Waals surface area contributed by atoms with Crippen molar-refractivity contribution >= 4 is 33.3 Å². The van der Waals surface area contributed by atoms with Gasteiger partial charge in [-0.3, -0.25) is 5.41 Å². The Morgan fingerprint density at radius 1 is 0.943 bits per heavy atom. The number of nitrogen functional groups attached to an aromatic ring is 1. The number of sulfonamides is 1. The van der Waals surface area contributed by atoms with E-state index in [1.807, 2.05) is 0 Å². The maximum absolute atomic E-state index is 12.5. The van der Waals surface area contributed by atoms with Gasteiger partial charge in [0, 0.05) is 23.5 Å². The van der Waals surface area contributed by atoms with Gasteiger partial charge in [0.15, 0.2) is 0 Å². The molecule has 3 aromatic carbocycles. The molecule has 0 fully saturated rings. The average Bonchev–Trinajstić information content (AvgIpc) is 2.78. The van der Waals surface area contributed by atoms with Gasteiger partial charge in [0.05, 0.1) is 4.90 Å². The molecule has 0 aromatic heterocycles. The monoisotopic (exact) mass is 507 g/mol. The summed E-state index contributed by atoms with van der Waals surface area (Å²) < 4.78 is 67.8. The van der Waals surface area contributed by atoms with Crippen LogP contribution in [0, 0.1) is 5.41 Å². The minimum Gasteiger partial charge on any atom is -0.406 e. The van der Waals surface area contributed by atoms with Crippen molar-refractivity contribution in [3.05, 3.63) is 83.9 Å². The van der Waals surface area contributed by atoms with Gasteiger partial charge in [0.2, 0.25) is 10.0 Å². The van der Waals surface area contributed by atoms with Crippen molar-refractivity contribution in [3.63, 3.8) is 0 Å². The molecule has 3 aromatic rings. The highest BCUT2D eigenvalue weighted by Crippen LogP contribution is 2.23. The Labute approximate surface area is 198 Å². The number of urea groups is 1. The van der Waals surface area contributed by atoms with E-state index in [0.29, 0.717) is 22.5 Å². The van der Waals surface area contributed by atoms with E-state index in [9.17, 15) is 26.4 Å². The van der Waals surface area contributed by atoms with Crippen molar-refractivity contribution < 1.29 is 31.1 Å². The molecule has 9 nitrogen and oxygen atoms in total. The van der Waals surface area contributed by atoms with Crippen LogP contribution in [-0.4, -0.2) is 26.6 Å². The molecule has 6 N–H and O–H groups in total. The number of alkyl halides is 3. The summed E-state index contributed by atoms with van der Waals surface area (Å²) in [5.74, 6) is -0.560. The number of carbonyl (C=O) groups excluding carboxylic acids is 1. The first kappa shape index (κ1) is 25.5. The molecule has 0 radical (unpaired) electrons. The normalized spacial score (nSPS) is 11.5. The Kier molecular flexibility index (Phi) is 7.62. The lowest BCUT2D eigenvalue weighted by Gasteiger charge is -2.11. The number of nitrogens with one attached hydrogen (secondary N) is 4. The van der Waals surface area contributed by atoms with E-state index in [1.165, 1.54) is 42.5 Å². The predicted molar refractivity (Wildman–Crippen MR) is 124 cm³/mol. The van der Waals surface area contributed by atoms with Crippen LogP contribution in [-0.2, 0) is 16.6 Å². The van der Waals surface area contributed by atoms with Crippen LogP contribution in [0.4, 0.5) is 29.3 Å². The first-order valence-corrected chi connectivity index (χ1v) is 11.4. The molecule has 0 saturated heterocycles. The zero-order valence-corrected chi connectivity index (χ0v) is 18.7. The second-order valence-corrected chi connectivity index (χ2v) is 8.88. The van der Waals surface area contributed by atoms with E-state index in [0.717, 1.165) is 12.1 Å². The third kappa shape index (κ3) is 7.72. The molecular weight excluding hydrogens is 487 g/mol. The molecule has 13 heteroatoms. The lowest BCUT2D eigenvalue weighted by Crippen LogP contribution is -2.23. The number of nitrogens with two attached hydrogens (primary N) is 1. The molecule has 0 heterocycles. The van der Waals surface area contributed by atoms with Crippen LogP contribution in [0.1, 0.15) is 11.1 Å². The lowest BCUT2D eigenvalue weighted by atomic mass is 10.2. The lowest BCUT2D eigenvalue weighted by molar-refractivity contribution is -0.274. The van der Waals surface area contributed by atoms with Gasteiger partial charge < -0.3 is 21.1 Å². The Balaban J connectivity index is 1.56. The van der Waals surface area contributed by atoms with Crippen molar-refractivity contribution in [1.29, 1.82) is 5.41 Å². The zero-order valence-electron chi connectivity index (χ0n) is 17.9. The van der Waals surface area contributed by atoms with Gasteiger partial charge in [0.1, 0.15) is 11.6 Å². The number of benzene rings is 3. The average molecular weight is 507 g/mol. The highest BCUT2D eigenvalue weighted by atomic mass is 32.2. The maximum atomic E-state index is 12.5. The van der Waals surface area contributed by atoms with E-state index in [1.54, 1.807) is 18.2 Å². The topological polar surface area (TPSA) is 146 Å². The number of hydrogen-bond acceptors (Lipinski definition) is 5. The van der Waals surface area contributed by atoms with Crippen molar-refractivity contribution in [2.75, 3.05) is 10.6 Å². The number of amides is 2. The second kappa shape index (κ2) is 10.4. The predicted octanol–water partition coefficient (Wildman–Crippen LogP) is 3.99. The number of halogens is 3. The molecule has 0 aliphatic rings. The van der Waals surface area contributed by atoms with Crippen LogP contribution in [0.25, 0.3) is 0 Å². The molecule has 0 spiro atoms. The summed E-state index contributed by atoms with van der Waals surface area (Å²) in [6.07, 6.45) is -4.81. The highest BCUT2D eigenvalue weighted by Gasteiger charge is 2.31. The Morgan fingerprint density at radius 3 is 2.17 bits per heavy atom. The van der Waals surface area contributed by atoms with Crippen LogP contribution in [0.15, 0.2) is 77.7 Å². The SMILES string of the molecule is N=C(N)c1cccc(NC(=O)Nc2ccc(S(=O)(=O)NCc3ccc(OC(F)(F)F)cc3)cc2)c1. The molecule has 0 aliphatic carbocycles. The molecular formula is C22H20F3N5O4S. The van der Waals surface area contributed by atoms with E-state index < -0.39 is 28.2 Å². The molecule has 0 atom stereocenters. The number of anilines is 2. The molecule has 35 heavy (non-hydrogen) atoms. The van der Waals surface area contributed by atoms with Gasteiger partial charge in [-0.1, -0.05) is 24.3 Å². The summed E-state index contributed by atoms with van der Waals surface area (Å²) in [6, 6.07) is 15.9. The van der Waals surface area contributed by atoms with E-state index in [4.69, 9.17) is 11.1 Å². The van der Waals surface area contributed by atoms with Gasteiger partial charge in [0.25, 0.3) is 0 Å². The van der Waals surface area contributed by atoms with E-state index in [-0.39, 0.29) is 17.3 Å². The molecule has 3 rings (SSSR count). The third-order valence-electron chi connectivity index (χ3n) is 4.48. The third-order valence-corrected chi connectivity index (χ3v) is 5.89. The van der Waals surface area contributed by atoms with Crippen LogP contribution in [0.5, 0.6) is 5.75 Å². The Hall–Kier alpha value is -4.10.